The molecule has 0 fully saturated rings. The van der Waals surface area contributed by atoms with E-state index in [0.717, 1.165) is 10.9 Å². The highest BCUT2D eigenvalue weighted by molar-refractivity contribution is 5.98. The second-order valence-electron chi connectivity index (χ2n) is 4.59. The molecule has 3 N–H and O–H groups in total. The van der Waals surface area contributed by atoms with E-state index in [1.807, 2.05) is 18.3 Å². The van der Waals surface area contributed by atoms with Crippen LogP contribution in [-0.2, 0) is 4.79 Å². The minimum atomic E-state index is -0.853. The number of aliphatic carboxylic acids is 1. The number of amides is 1. The maximum Gasteiger partial charge on any atom is 0.303 e. The first-order valence-electron chi connectivity index (χ1n) is 6.16. The van der Waals surface area contributed by atoms with Gasteiger partial charge in [-0.1, -0.05) is 6.07 Å². The van der Waals surface area contributed by atoms with E-state index in [2.05, 4.69) is 10.3 Å². The number of aromatic amines is 1. The third-order valence-electron chi connectivity index (χ3n) is 2.99. The van der Waals surface area contributed by atoms with Gasteiger partial charge in [0.2, 0.25) is 0 Å². The van der Waals surface area contributed by atoms with Crippen LogP contribution in [-0.4, -0.2) is 28.0 Å². The van der Waals surface area contributed by atoms with Crippen molar-refractivity contribution in [2.45, 2.75) is 25.8 Å². The molecular weight excluding hydrogens is 244 g/mol. The number of carbonyl (C=O) groups excluding carboxylic acids is 1. The number of nitrogens with one attached hydrogen (secondary N) is 2. The highest BCUT2D eigenvalue weighted by Gasteiger charge is 2.11. The first-order valence-corrected chi connectivity index (χ1v) is 6.16. The molecule has 0 unspecified atom stereocenters. The molecule has 5 nitrogen and oxygen atoms in total. The maximum absolute atomic E-state index is 12.0. The third kappa shape index (κ3) is 3.34. The number of aromatic nitrogens is 1. The smallest absolute Gasteiger partial charge is 0.303 e. The quantitative estimate of drug-likeness (QED) is 0.770. The van der Waals surface area contributed by atoms with Crippen LogP contribution < -0.4 is 5.32 Å². The molecule has 2 rings (SSSR count). The van der Waals surface area contributed by atoms with Gasteiger partial charge in [0.1, 0.15) is 0 Å². The molecule has 0 aliphatic carbocycles. The third-order valence-corrected chi connectivity index (χ3v) is 2.99. The zero-order valence-electron chi connectivity index (χ0n) is 10.6. The lowest BCUT2D eigenvalue weighted by Crippen LogP contribution is -2.32. The van der Waals surface area contributed by atoms with Gasteiger partial charge in [-0.3, -0.25) is 9.59 Å². The fraction of sp³-hybridized carbons (Fsp3) is 0.286. The van der Waals surface area contributed by atoms with E-state index >= 15 is 0 Å². The molecule has 1 amide bonds. The van der Waals surface area contributed by atoms with Crippen molar-refractivity contribution in [1.82, 2.24) is 10.3 Å². The number of hydrogen-bond acceptors (Lipinski definition) is 2. The summed E-state index contributed by atoms with van der Waals surface area (Å²) < 4.78 is 0. The van der Waals surface area contributed by atoms with Gasteiger partial charge in [-0.2, -0.15) is 0 Å². The second kappa shape index (κ2) is 5.56. The Morgan fingerprint density at radius 3 is 2.89 bits per heavy atom. The normalized spacial score (nSPS) is 12.3. The number of benzene rings is 1. The Morgan fingerprint density at radius 1 is 1.37 bits per heavy atom. The van der Waals surface area contributed by atoms with E-state index in [0.29, 0.717) is 12.0 Å². The second-order valence-corrected chi connectivity index (χ2v) is 4.59. The van der Waals surface area contributed by atoms with Gasteiger partial charge in [-0.05, 0) is 36.9 Å². The zero-order valence-corrected chi connectivity index (χ0v) is 10.6. The summed E-state index contributed by atoms with van der Waals surface area (Å²) in [6.07, 6.45) is 2.30. The number of carboxylic acids is 1. The molecule has 100 valence electrons. The molecule has 0 aliphatic rings. The summed E-state index contributed by atoms with van der Waals surface area (Å²) in [5, 5.41) is 12.4. The van der Waals surface area contributed by atoms with Gasteiger partial charge >= 0.3 is 5.97 Å². The molecule has 0 spiro atoms. The molecule has 0 saturated carbocycles. The highest BCUT2D eigenvalue weighted by Crippen LogP contribution is 2.14. The highest BCUT2D eigenvalue weighted by atomic mass is 16.4. The van der Waals surface area contributed by atoms with E-state index in [4.69, 9.17) is 5.11 Å². The van der Waals surface area contributed by atoms with Crippen molar-refractivity contribution >= 4 is 22.8 Å². The average Bonchev–Trinajstić information content (AvgIpc) is 2.83. The van der Waals surface area contributed by atoms with Crippen molar-refractivity contribution < 1.29 is 14.7 Å². The van der Waals surface area contributed by atoms with Crippen LogP contribution in [0.5, 0.6) is 0 Å². The molecule has 5 heteroatoms. The molecule has 0 saturated heterocycles. The molecule has 1 atom stereocenters. The number of carboxylic acid groups (broad SMARTS) is 1. The first kappa shape index (κ1) is 13.1. The Hall–Kier alpha value is -2.30. The SMILES string of the molecule is C[C@H](CCC(=O)O)NC(=O)c1ccc2cc[nH]c2c1. The van der Waals surface area contributed by atoms with E-state index in [-0.39, 0.29) is 18.4 Å². The summed E-state index contributed by atoms with van der Waals surface area (Å²) in [6.45, 7) is 1.80. The van der Waals surface area contributed by atoms with Crippen molar-refractivity contribution in [2.24, 2.45) is 0 Å². The summed E-state index contributed by atoms with van der Waals surface area (Å²) in [4.78, 5) is 25.5. The minimum absolute atomic E-state index is 0.0527. The lowest BCUT2D eigenvalue weighted by atomic mass is 10.1. The molecular formula is C14H16N2O3. The number of rotatable bonds is 5. The van der Waals surface area contributed by atoms with E-state index in [9.17, 15) is 9.59 Å². The summed E-state index contributed by atoms with van der Waals surface area (Å²) in [5.41, 5.74) is 1.47. The molecule has 1 heterocycles. The fourth-order valence-electron chi connectivity index (χ4n) is 1.91. The standard InChI is InChI=1S/C14H16N2O3/c1-9(2-5-13(17)18)16-14(19)11-4-3-10-6-7-15-12(10)8-11/h3-4,6-9,15H,2,5H2,1H3,(H,16,19)(H,17,18)/t9-/m1/s1. The Balaban J connectivity index is 2.00. The summed E-state index contributed by atoms with van der Waals surface area (Å²) in [5.74, 6) is -1.04. The Kier molecular flexibility index (Phi) is 3.85. The van der Waals surface area contributed by atoms with Gasteiger partial charge in [0, 0.05) is 29.7 Å². The van der Waals surface area contributed by atoms with E-state index in [1.165, 1.54) is 0 Å². The lowest BCUT2D eigenvalue weighted by molar-refractivity contribution is -0.137. The molecule has 0 bridgehead atoms. The molecule has 19 heavy (non-hydrogen) atoms. The predicted octanol–water partition coefficient (Wildman–Crippen LogP) is 2.15. The monoisotopic (exact) mass is 260 g/mol. The average molecular weight is 260 g/mol. The number of H-pyrrole nitrogens is 1. The van der Waals surface area contributed by atoms with Crippen LogP contribution in [0.25, 0.3) is 10.9 Å². The maximum atomic E-state index is 12.0. The van der Waals surface area contributed by atoms with Crippen molar-refractivity contribution in [3.05, 3.63) is 36.0 Å². The molecule has 1 aromatic carbocycles. The van der Waals surface area contributed by atoms with E-state index < -0.39 is 5.97 Å². The van der Waals surface area contributed by atoms with Crippen molar-refractivity contribution in [3.63, 3.8) is 0 Å². The summed E-state index contributed by atoms with van der Waals surface area (Å²) >= 11 is 0. The van der Waals surface area contributed by atoms with Gasteiger partial charge in [-0.25, -0.2) is 0 Å². The molecule has 2 aromatic rings. The number of hydrogen-bond donors (Lipinski definition) is 3. The van der Waals surface area contributed by atoms with Gasteiger partial charge in [0.25, 0.3) is 5.91 Å². The Morgan fingerprint density at radius 2 is 2.16 bits per heavy atom. The van der Waals surface area contributed by atoms with Crippen LogP contribution in [0.4, 0.5) is 0 Å². The predicted molar refractivity (Wildman–Crippen MR) is 72.1 cm³/mol. The van der Waals surface area contributed by atoms with Crippen LogP contribution in [0.1, 0.15) is 30.1 Å². The molecule has 0 aliphatic heterocycles. The number of fused-ring (bicyclic) bond motifs is 1. The van der Waals surface area contributed by atoms with Crippen LogP contribution in [0.2, 0.25) is 0 Å². The fourth-order valence-corrected chi connectivity index (χ4v) is 1.91. The lowest BCUT2D eigenvalue weighted by Gasteiger charge is -2.12. The van der Waals surface area contributed by atoms with Crippen molar-refractivity contribution in [3.8, 4) is 0 Å². The van der Waals surface area contributed by atoms with Crippen LogP contribution >= 0.6 is 0 Å². The minimum Gasteiger partial charge on any atom is -0.481 e. The topological polar surface area (TPSA) is 82.2 Å². The van der Waals surface area contributed by atoms with Crippen LogP contribution in [0.15, 0.2) is 30.5 Å². The van der Waals surface area contributed by atoms with Gasteiger partial charge < -0.3 is 15.4 Å². The first-order chi connectivity index (χ1) is 9.06. The van der Waals surface area contributed by atoms with Crippen molar-refractivity contribution in [2.75, 3.05) is 0 Å². The van der Waals surface area contributed by atoms with Crippen LogP contribution in [0, 0.1) is 0 Å². The molecule has 1 aromatic heterocycles. The van der Waals surface area contributed by atoms with Crippen LogP contribution in [0.3, 0.4) is 0 Å². The van der Waals surface area contributed by atoms with Gasteiger partial charge in [-0.15, -0.1) is 0 Å². The number of carbonyl (C=O) groups is 2. The largest absolute Gasteiger partial charge is 0.481 e. The van der Waals surface area contributed by atoms with Gasteiger partial charge in [0.15, 0.2) is 0 Å². The van der Waals surface area contributed by atoms with E-state index in [1.54, 1.807) is 19.1 Å². The summed E-state index contributed by atoms with van der Waals surface area (Å²) in [7, 11) is 0. The zero-order chi connectivity index (χ0) is 13.8. The van der Waals surface area contributed by atoms with Gasteiger partial charge in [0.05, 0.1) is 0 Å². The van der Waals surface area contributed by atoms with Crippen molar-refractivity contribution in [1.29, 1.82) is 0 Å². The Labute approximate surface area is 110 Å². The molecule has 0 radical (unpaired) electrons. The Bertz CT molecular complexity index is 604. The summed E-state index contributed by atoms with van der Waals surface area (Å²) in [6, 6.07) is 7.20.